The van der Waals surface area contributed by atoms with Crippen LogP contribution >= 0.6 is 11.6 Å². The number of nitrogens with one attached hydrogen (secondary N) is 1. The lowest BCUT2D eigenvalue weighted by molar-refractivity contribution is 0.0883. The van der Waals surface area contributed by atoms with Crippen LogP contribution in [0.4, 0.5) is 0 Å². The van der Waals surface area contributed by atoms with Gasteiger partial charge in [-0.1, -0.05) is 23.7 Å². The van der Waals surface area contributed by atoms with Crippen molar-refractivity contribution in [2.45, 2.75) is 25.8 Å². The van der Waals surface area contributed by atoms with E-state index in [1.54, 1.807) is 10.7 Å². The van der Waals surface area contributed by atoms with Crippen molar-refractivity contribution in [2.24, 2.45) is 0 Å². The van der Waals surface area contributed by atoms with Crippen LogP contribution in [0.2, 0.25) is 5.02 Å². The van der Waals surface area contributed by atoms with Crippen LogP contribution < -0.4 is 5.32 Å². The number of carbonyl (C=O) groups is 1. The molecule has 116 valence electrons. The first-order valence-corrected chi connectivity index (χ1v) is 7.58. The lowest BCUT2D eigenvalue weighted by atomic mass is 10.0. The second kappa shape index (κ2) is 5.74. The molecular weight excluding hydrogens is 302 g/mol. The van der Waals surface area contributed by atoms with E-state index in [1.807, 2.05) is 38.2 Å². The summed E-state index contributed by atoms with van der Waals surface area (Å²) in [7, 11) is 0. The number of amides is 1. The van der Waals surface area contributed by atoms with Crippen molar-refractivity contribution >= 4 is 17.5 Å². The number of aromatic nitrogens is 2. The summed E-state index contributed by atoms with van der Waals surface area (Å²) in [5, 5.41) is 8.00. The fourth-order valence-electron chi connectivity index (χ4n) is 2.54. The van der Waals surface area contributed by atoms with Gasteiger partial charge in [0.15, 0.2) is 5.69 Å². The molecule has 1 N–H and O–H groups in total. The summed E-state index contributed by atoms with van der Waals surface area (Å²) in [6.45, 7) is 5.05. The maximum absolute atomic E-state index is 12.5. The predicted molar refractivity (Wildman–Crippen MR) is 84.6 cm³/mol. The molecule has 2 heterocycles. The van der Waals surface area contributed by atoms with Gasteiger partial charge in [0.2, 0.25) is 0 Å². The van der Waals surface area contributed by atoms with E-state index in [9.17, 15) is 4.79 Å². The van der Waals surface area contributed by atoms with Crippen LogP contribution in [0.5, 0.6) is 0 Å². The highest BCUT2D eigenvalue weighted by Crippen LogP contribution is 2.22. The number of benzene rings is 1. The Labute approximate surface area is 134 Å². The van der Waals surface area contributed by atoms with E-state index < -0.39 is 0 Å². The smallest absolute Gasteiger partial charge is 0.272 e. The minimum Gasteiger partial charge on any atom is -0.379 e. The summed E-state index contributed by atoms with van der Waals surface area (Å²) in [5.74, 6) is -0.184. The molecule has 0 aliphatic carbocycles. The zero-order valence-corrected chi connectivity index (χ0v) is 13.4. The van der Waals surface area contributed by atoms with Crippen molar-refractivity contribution in [2.75, 3.05) is 13.2 Å². The zero-order chi connectivity index (χ0) is 15.7. The molecule has 1 saturated heterocycles. The lowest BCUT2D eigenvalue weighted by Crippen LogP contribution is -2.46. The minimum absolute atomic E-state index is 0.184. The molecule has 3 rings (SSSR count). The molecule has 2 aromatic rings. The molecule has 22 heavy (non-hydrogen) atoms. The largest absolute Gasteiger partial charge is 0.379 e. The Bertz CT molecular complexity index is 705. The van der Waals surface area contributed by atoms with Crippen molar-refractivity contribution in [3.63, 3.8) is 0 Å². The van der Waals surface area contributed by atoms with Gasteiger partial charge in [-0.05, 0) is 32.4 Å². The Morgan fingerprint density at radius 1 is 1.45 bits per heavy atom. The molecule has 1 fully saturated rings. The summed E-state index contributed by atoms with van der Waals surface area (Å²) < 4.78 is 7.00. The summed E-state index contributed by atoms with van der Waals surface area (Å²) in [4.78, 5) is 12.5. The van der Waals surface area contributed by atoms with Gasteiger partial charge in [0.1, 0.15) is 0 Å². The predicted octanol–water partition coefficient (Wildman–Crippen LogP) is 2.74. The summed E-state index contributed by atoms with van der Waals surface area (Å²) >= 11 is 6.18. The van der Waals surface area contributed by atoms with E-state index in [4.69, 9.17) is 16.3 Å². The van der Waals surface area contributed by atoms with Crippen molar-refractivity contribution in [3.05, 3.63) is 46.7 Å². The molecule has 1 aromatic heterocycles. The van der Waals surface area contributed by atoms with Crippen LogP contribution in [0, 0.1) is 6.92 Å². The van der Waals surface area contributed by atoms with Crippen LogP contribution in [0.15, 0.2) is 30.5 Å². The highest BCUT2D eigenvalue weighted by atomic mass is 35.5. The Kier molecular flexibility index (Phi) is 3.93. The molecule has 0 spiro atoms. The topological polar surface area (TPSA) is 56.2 Å². The molecule has 6 heteroatoms. The number of hydrogen-bond donors (Lipinski definition) is 1. The van der Waals surface area contributed by atoms with E-state index in [1.165, 1.54) is 0 Å². The second-order valence-electron chi connectivity index (χ2n) is 5.87. The average molecular weight is 320 g/mol. The first-order chi connectivity index (χ1) is 10.5. The number of aryl methyl sites for hydroxylation is 1. The van der Waals surface area contributed by atoms with Gasteiger partial charge in [0.25, 0.3) is 5.91 Å². The zero-order valence-electron chi connectivity index (χ0n) is 12.6. The summed E-state index contributed by atoms with van der Waals surface area (Å²) in [5.41, 5.74) is 1.65. The van der Waals surface area contributed by atoms with Gasteiger partial charge in [0.05, 0.1) is 22.9 Å². The van der Waals surface area contributed by atoms with E-state index in [0.29, 0.717) is 23.9 Å². The molecular formula is C16H18ClN3O2. The Hall–Kier alpha value is -1.85. The summed E-state index contributed by atoms with van der Waals surface area (Å²) in [6, 6.07) is 7.40. The number of ether oxygens (including phenoxy) is 1. The summed E-state index contributed by atoms with van der Waals surface area (Å²) in [6.07, 6.45) is 2.62. The van der Waals surface area contributed by atoms with E-state index in [-0.39, 0.29) is 11.4 Å². The molecule has 0 saturated carbocycles. The van der Waals surface area contributed by atoms with Crippen molar-refractivity contribution in [3.8, 4) is 5.69 Å². The molecule has 5 nitrogen and oxygen atoms in total. The van der Waals surface area contributed by atoms with Gasteiger partial charge < -0.3 is 10.1 Å². The van der Waals surface area contributed by atoms with Crippen LogP contribution in [0.3, 0.4) is 0 Å². The van der Waals surface area contributed by atoms with Gasteiger partial charge in [-0.25, -0.2) is 4.68 Å². The van der Waals surface area contributed by atoms with Crippen molar-refractivity contribution in [1.82, 2.24) is 15.1 Å². The molecule has 1 atom stereocenters. The van der Waals surface area contributed by atoms with Crippen LogP contribution in [0.1, 0.15) is 29.4 Å². The molecule has 1 aliphatic rings. The van der Waals surface area contributed by atoms with Crippen molar-refractivity contribution < 1.29 is 9.53 Å². The monoisotopic (exact) mass is 319 g/mol. The molecule has 1 unspecified atom stereocenters. The fraction of sp³-hybridized carbons (Fsp3) is 0.375. The number of para-hydroxylation sites is 1. The van der Waals surface area contributed by atoms with Gasteiger partial charge in [-0.3, -0.25) is 4.79 Å². The Balaban J connectivity index is 1.86. The van der Waals surface area contributed by atoms with Crippen LogP contribution in [-0.2, 0) is 4.74 Å². The fourth-order valence-corrected chi connectivity index (χ4v) is 2.77. The first-order valence-electron chi connectivity index (χ1n) is 7.20. The van der Waals surface area contributed by atoms with Crippen LogP contribution in [0.25, 0.3) is 5.69 Å². The quantitative estimate of drug-likeness (QED) is 0.946. The van der Waals surface area contributed by atoms with Gasteiger partial charge in [-0.15, -0.1) is 0 Å². The number of halogens is 1. The molecule has 1 aromatic carbocycles. The van der Waals surface area contributed by atoms with Gasteiger partial charge in [-0.2, -0.15) is 5.10 Å². The van der Waals surface area contributed by atoms with Crippen LogP contribution in [-0.4, -0.2) is 34.4 Å². The van der Waals surface area contributed by atoms with E-state index in [0.717, 1.165) is 17.7 Å². The third-order valence-electron chi connectivity index (χ3n) is 3.85. The van der Waals surface area contributed by atoms with E-state index in [2.05, 4.69) is 10.4 Å². The molecule has 0 radical (unpaired) electrons. The Morgan fingerprint density at radius 2 is 2.23 bits per heavy atom. The van der Waals surface area contributed by atoms with Gasteiger partial charge >= 0.3 is 0 Å². The van der Waals surface area contributed by atoms with E-state index >= 15 is 0 Å². The average Bonchev–Trinajstić information content (AvgIpc) is 3.06. The van der Waals surface area contributed by atoms with Gasteiger partial charge in [0, 0.05) is 18.4 Å². The normalized spacial score (nSPS) is 21.0. The standard InChI is InChI=1S/C16H18ClN3O2/c1-11-9-20(13-6-4-3-5-12(13)17)19-14(11)15(21)18-16(2)7-8-22-10-16/h3-6,9H,7-8,10H2,1-2H3,(H,18,21). The molecule has 1 aliphatic heterocycles. The third kappa shape index (κ3) is 2.87. The van der Waals surface area contributed by atoms with Crippen molar-refractivity contribution in [1.29, 1.82) is 0 Å². The Morgan fingerprint density at radius 3 is 2.91 bits per heavy atom. The minimum atomic E-state index is -0.322. The number of nitrogens with zero attached hydrogens (tertiary/aromatic N) is 2. The molecule has 0 bridgehead atoms. The number of hydrogen-bond acceptors (Lipinski definition) is 3. The first kappa shape index (κ1) is 15.1. The number of rotatable bonds is 3. The lowest BCUT2D eigenvalue weighted by Gasteiger charge is -2.22. The maximum Gasteiger partial charge on any atom is 0.272 e. The SMILES string of the molecule is Cc1cn(-c2ccccc2Cl)nc1C(=O)NC1(C)CCOC1. The maximum atomic E-state index is 12.5. The second-order valence-corrected chi connectivity index (χ2v) is 6.28. The third-order valence-corrected chi connectivity index (χ3v) is 4.17. The molecule has 1 amide bonds. The highest BCUT2D eigenvalue weighted by Gasteiger charge is 2.32. The number of carbonyl (C=O) groups excluding carboxylic acids is 1. The highest BCUT2D eigenvalue weighted by molar-refractivity contribution is 6.32.